The number of thiol groups is 1. The minimum atomic E-state index is -0.860. The maximum Gasteiger partial charge on any atom is 0.315 e. The lowest BCUT2D eigenvalue weighted by atomic mass is 10.1. The number of nitrogens with zero attached hydrogens (tertiary/aromatic N) is 1. The van der Waals surface area contributed by atoms with Gasteiger partial charge in [0.25, 0.3) is 0 Å². The number of carboxylic acids is 1. The van der Waals surface area contributed by atoms with E-state index in [1.165, 1.54) is 70.6 Å². The van der Waals surface area contributed by atoms with Crippen LogP contribution in [0.25, 0.3) is 0 Å². The van der Waals surface area contributed by atoms with Crippen LogP contribution in [0, 0.1) is 11.8 Å². The Morgan fingerprint density at radius 2 is 1.39 bits per heavy atom. The number of hydrogen-bond donors (Lipinski definition) is 2. The number of hydrogen-bond acceptors (Lipinski definition) is 3. The summed E-state index contributed by atoms with van der Waals surface area (Å²) in [6, 6.07) is 0. The molecule has 0 aliphatic rings. The Kier molecular flexibility index (Phi) is 17.2. The highest BCUT2D eigenvalue weighted by molar-refractivity contribution is 7.77. The van der Waals surface area contributed by atoms with E-state index in [0.29, 0.717) is 6.42 Å². The van der Waals surface area contributed by atoms with Crippen LogP contribution < -0.4 is 0 Å². The Hall–Kier alpha value is -0.660. The van der Waals surface area contributed by atoms with Gasteiger partial charge >= 0.3 is 5.97 Å². The Morgan fingerprint density at radius 3 is 1.91 bits per heavy atom. The van der Waals surface area contributed by atoms with Crippen LogP contribution in [0.3, 0.4) is 0 Å². The third-order valence-electron chi connectivity index (χ3n) is 3.88. The molecule has 134 valence electrons. The lowest BCUT2D eigenvalue weighted by Crippen LogP contribution is -2.14. The number of rotatable bonds is 15. The number of carboxylic acid groups (broad SMARTS) is 1. The zero-order valence-electron chi connectivity index (χ0n) is 14.9. The summed E-state index contributed by atoms with van der Waals surface area (Å²) >= 11 is 4.42. The predicted molar refractivity (Wildman–Crippen MR) is 102 cm³/mol. The molecule has 0 amide bonds. The van der Waals surface area contributed by atoms with E-state index in [0.717, 1.165) is 13.1 Å². The molecule has 0 heterocycles. The molecule has 23 heavy (non-hydrogen) atoms. The summed E-state index contributed by atoms with van der Waals surface area (Å²) in [5.41, 5.74) is 0. The third kappa shape index (κ3) is 19.3. The normalized spacial score (nSPS) is 10.6. The Labute approximate surface area is 148 Å². The van der Waals surface area contributed by atoms with Gasteiger partial charge in [0.15, 0.2) is 0 Å². The molecule has 0 saturated heterocycles. The SMILES string of the molecule is CCCCCCCCCCCCCN(S)CCC#CCC(=O)O. The van der Waals surface area contributed by atoms with Gasteiger partial charge in [0.2, 0.25) is 0 Å². The Balaban J connectivity index is 3.24. The Bertz CT molecular complexity index is 336. The van der Waals surface area contributed by atoms with Crippen molar-refractivity contribution in [3.05, 3.63) is 0 Å². The second-order valence-corrected chi connectivity index (χ2v) is 6.73. The third-order valence-corrected chi connectivity index (χ3v) is 4.28. The zero-order valence-corrected chi connectivity index (χ0v) is 15.8. The molecule has 0 bridgehead atoms. The van der Waals surface area contributed by atoms with Gasteiger partial charge in [0, 0.05) is 19.5 Å². The highest BCUT2D eigenvalue weighted by atomic mass is 32.1. The van der Waals surface area contributed by atoms with Gasteiger partial charge < -0.3 is 5.11 Å². The van der Waals surface area contributed by atoms with Crippen LogP contribution in [-0.2, 0) is 4.79 Å². The van der Waals surface area contributed by atoms with Gasteiger partial charge in [-0.25, -0.2) is 0 Å². The molecule has 0 unspecified atom stereocenters. The van der Waals surface area contributed by atoms with E-state index >= 15 is 0 Å². The van der Waals surface area contributed by atoms with Gasteiger partial charge in [-0.15, -0.1) is 5.92 Å². The molecule has 0 aromatic heterocycles. The summed E-state index contributed by atoms with van der Waals surface area (Å²) in [7, 11) is 0. The fourth-order valence-corrected chi connectivity index (χ4v) is 2.72. The lowest BCUT2D eigenvalue weighted by molar-refractivity contribution is -0.135. The molecule has 0 radical (unpaired) electrons. The molecule has 0 aromatic rings. The average Bonchev–Trinajstić information content (AvgIpc) is 2.52. The van der Waals surface area contributed by atoms with E-state index in [2.05, 4.69) is 31.6 Å². The Morgan fingerprint density at radius 1 is 0.870 bits per heavy atom. The van der Waals surface area contributed by atoms with Gasteiger partial charge in [-0.1, -0.05) is 89.9 Å². The monoisotopic (exact) mass is 341 g/mol. The van der Waals surface area contributed by atoms with Crippen LogP contribution in [0.5, 0.6) is 0 Å². The van der Waals surface area contributed by atoms with Crippen LogP contribution in [0.15, 0.2) is 0 Å². The quantitative estimate of drug-likeness (QED) is 0.241. The average molecular weight is 342 g/mol. The van der Waals surface area contributed by atoms with Crippen LogP contribution in [-0.4, -0.2) is 28.5 Å². The van der Waals surface area contributed by atoms with Crippen molar-refractivity contribution in [1.29, 1.82) is 0 Å². The van der Waals surface area contributed by atoms with Gasteiger partial charge in [0.05, 0.1) is 0 Å². The second kappa shape index (κ2) is 17.7. The highest BCUT2D eigenvalue weighted by Gasteiger charge is 1.98. The maximum absolute atomic E-state index is 10.3. The fraction of sp³-hybridized carbons (Fsp3) is 0.842. The lowest BCUT2D eigenvalue weighted by Gasteiger charge is -2.13. The van der Waals surface area contributed by atoms with Crippen molar-refractivity contribution in [3.8, 4) is 11.8 Å². The molecule has 1 N–H and O–H groups in total. The van der Waals surface area contributed by atoms with Crippen molar-refractivity contribution >= 4 is 18.8 Å². The maximum atomic E-state index is 10.3. The summed E-state index contributed by atoms with van der Waals surface area (Å²) in [6.07, 6.45) is 15.5. The van der Waals surface area contributed by atoms with Crippen molar-refractivity contribution in [2.45, 2.75) is 90.4 Å². The van der Waals surface area contributed by atoms with Crippen LogP contribution >= 0.6 is 12.8 Å². The second-order valence-electron chi connectivity index (χ2n) is 6.16. The topological polar surface area (TPSA) is 40.5 Å². The number of carbonyl (C=O) groups is 1. The van der Waals surface area contributed by atoms with Gasteiger partial charge in [-0.3, -0.25) is 9.10 Å². The highest BCUT2D eigenvalue weighted by Crippen LogP contribution is 2.11. The largest absolute Gasteiger partial charge is 0.481 e. The molecule has 0 aliphatic heterocycles. The van der Waals surface area contributed by atoms with Gasteiger partial charge in [-0.05, 0) is 6.42 Å². The molecule has 0 saturated carbocycles. The van der Waals surface area contributed by atoms with Gasteiger partial charge in [0.1, 0.15) is 6.42 Å². The molecule has 4 heteroatoms. The molecular formula is C19H35NO2S. The predicted octanol–water partition coefficient (Wildman–Crippen LogP) is 5.31. The molecule has 3 nitrogen and oxygen atoms in total. The molecule has 0 rings (SSSR count). The molecule has 0 fully saturated rings. The first-order chi connectivity index (χ1) is 11.2. The summed E-state index contributed by atoms with van der Waals surface area (Å²) in [6.45, 7) is 4.05. The van der Waals surface area contributed by atoms with Crippen LogP contribution in [0.4, 0.5) is 0 Å². The van der Waals surface area contributed by atoms with E-state index in [9.17, 15) is 4.79 Å². The minimum absolute atomic E-state index is 0.0643. The standard InChI is InChI=1S/C19H35NO2S/c1-2-3-4-5-6-7-8-9-10-11-14-17-20(23)18-15-12-13-16-19(21)22/h23H,2-11,14-18H2,1H3,(H,21,22). The molecular weight excluding hydrogens is 306 g/mol. The summed E-state index contributed by atoms with van der Waals surface area (Å²) < 4.78 is 1.99. The summed E-state index contributed by atoms with van der Waals surface area (Å²) in [4.78, 5) is 10.3. The van der Waals surface area contributed by atoms with E-state index < -0.39 is 5.97 Å². The van der Waals surface area contributed by atoms with Crippen molar-refractivity contribution < 1.29 is 9.90 Å². The van der Waals surface area contributed by atoms with Gasteiger partial charge in [-0.2, -0.15) is 0 Å². The molecule has 0 aliphatic carbocycles. The van der Waals surface area contributed by atoms with E-state index in [1.54, 1.807) is 0 Å². The first-order valence-corrected chi connectivity index (χ1v) is 9.68. The van der Waals surface area contributed by atoms with Crippen LogP contribution in [0.2, 0.25) is 0 Å². The first-order valence-electron chi connectivity index (χ1n) is 9.28. The zero-order chi connectivity index (χ0) is 17.2. The molecule has 0 spiro atoms. The number of aliphatic carboxylic acids is 1. The van der Waals surface area contributed by atoms with E-state index in [1.807, 2.05) is 4.31 Å². The molecule has 0 atom stereocenters. The first kappa shape index (κ1) is 22.3. The van der Waals surface area contributed by atoms with E-state index in [4.69, 9.17) is 5.11 Å². The molecule has 0 aromatic carbocycles. The van der Waals surface area contributed by atoms with Crippen molar-refractivity contribution in [1.82, 2.24) is 4.31 Å². The van der Waals surface area contributed by atoms with Crippen LogP contribution in [0.1, 0.15) is 90.4 Å². The smallest absolute Gasteiger partial charge is 0.315 e. The number of unbranched alkanes of at least 4 members (excludes halogenated alkanes) is 10. The van der Waals surface area contributed by atoms with E-state index in [-0.39, 0.29) is 6.42 Å². The van der Waals surface area contributed by atoms with Crippen molar-refractivity contribution in [3.63, 3.8) is 0 Å². The summed E-state index contributed by atoms with van der Waals surface area (Å²) in [5.74, 6) is 4.65. The fourth-order valence-electron chi connectivity index (χ4n) is 2.48. The van der Waals surface area contributed by atoms with Crippen molar-refractivity contribution in [2.24, 2.45) is 0 Å². The minimum Gasteiger partial charge on any atom is -0.481 e. The van der Waals surface area contributed by atoms with Crippen molar-refractivity contribution in [2.75, 3.05) is 13.1 Å². The summed E-state index contributed by atoms with van der Waals surface area (Å²) in [5, 5.41) is 8.46.